The predicted molar refractivity (Wildman–Crippen MR) is 502 cm³/mol. The lowest BCUT2D eigenvalue weighted by molar-refractivity contribution is 0.0174. The zero-order valence-electron chi connectivity index (χ0n) is 71.1. The summed E-state index contributed by atoms with van der Waals surface area (Å²) < 4.78 is 51.7. The first-order valence-corrected chi connectivity index (χ1v) is 39.9. The lowest BCUT2D eigenvalue weighted by Crippen LogP contribution is -2.18. The van der Waals surface area contributed by atoms with E-state index < -0.39 is 5.92 Å². The molecule has 0 aliphatic heterocycles. The van der Waals surface area contributed by atoms with Crippen molar-refractivity contribution >= 4 is 22.4 Å². The number of aryl methyl sites for hydroxylation is 3. The second-order valence-electron chi connectivity index (χ2n) is 28.0. The number of ether oxygens (including phenoxy) is 5. The van der Waals surface area contributed by atoms with Gasteiger partial charge in [0.25, 0.3) is 5.92 Å². The fraction of sp³-hybridized carbons (Fsp3) is 0.173. The molecule has 616 valence electrons. The quantitative estimate of drug-likeness (QED) is 0.0997. The van der Waals surface area contributed by atoms with Crippen LogP contribution in [0.2, 0.25) is 5.02 Å². The van der Waals surface area contributed by atoms with E-state index in [2.05, 4.69) is 210 Å². The topological polar surface area (TPSA) is 76.4 Å². The van der Waals surface area contributed by atoms with Crippen LogP contribution in [0.5, 0.6) is 40.2 Å². The average Bonchev–Trinajstić information content (AvgIpc) is 1.69. The van der Waals surface area contributed by atoms with E-state index in [1.54, 1.807) is 50.6 Å². The number of fused-ring (bicyclic) bond motifs is 1. The van der Waals surface area contributed by atoms with Gasteiger partial charge in [-0.1, -0.05) is 314 Å². The summed E-state index contributed by atoms with van der Waals surface area (Å²) in [6, 6.07) is 123. The number of para-hydroxylation sites is 3. The second-order valence-corrected chi connectivity index (χ2v) is 28.4. The molecule has 0 N–H and O–H groups in total. The van der Waals surface area contributed by atoms with E-state index in [1.807, 2.05) is 206 Å². The first-order chi connectivity index (χ1) is 58.6. The monoisotopic (exact) mass is 1630 g/mol. The molecule has 0 atom stereocenters. The molecular weight excluding hydrogens is 1520 g/mol. The zero-order chi connectivity index (χ0) is 87.6. The zero-order valence-corrected chi connectivity index (χ0v) is 71.8. The molecule has 0 bridgehead atoms. The van der Waals surface area contributed by atoms with Crippen molar-refractivity contribution in [3.63, 3.8) is 0 Å². The summed E-state index contributed by atoms with van der Waals surface area (Å²) in [6.07, 6.45) is 28.0. The van der Waals surface area contributed by atoms with E-state index in [9.17, 15) is 14.0 Å². The Labute approximate surface area is 724 Å². The SMILES string of the molecule is C#COc1cccc(Cl)c1.C#Cc1ccc(OC)cc1.C#Cc1ccccc1.C#Cc1ccccc1OC.CC(F)(F)c1ccc(Oc2ccccc2)cc1.CN(C)CCc1ccccc1.CN(C)Cc1ccccc1.Cc1ccc(Oc2ccccc2)cc1.Cc1ccc2ccccc2c1.Cc1ccccc1.N#CC1(c2ccccc2)CCCC1. The van der Waals surface area contributed by atoms with E-state index in [-0.39, 0.29) is 11.0 Å². The Hall–Kier alpha value is -13.9. The van der Waals surface area contributed by atoms with Crippen LogP contribution in [0.25, 0.3) is 10.8 Å². The van der Waals surface area contributed by atoms with E-state index in [0.29, 0.717) is 22.3 Å². The molecule has 0 saturated heterocycles. The third-order valence-corrected chi connectivity index (χ3v) is 17.9. The maximum atomic E-state index is 13.0. The number of terminal acetylenes is 4. The molecule has 0 radical (unpaired) electrons. The van der Waals surface area contributed by atoms with Crippen molar-refractivity contribution in [3.8, 4) is 95.9 Å². The van der Waals surface area contributed by atoms with Gasteiger partial charge in [-0.2, -0.15) is 5.26 Å². The fourth-order valence-corrected chi connectivity index (χ4v) is 11.4. The Balaban J connectivity index is 0.000000238. The summed E-state index contributed by atoms with van der Waals surface area (Å²) in [7, 11) is 11.6. The van der Waals surface area contributed by atoms with Crippen molar-refractivity contribution in [2.24, 2.45) is 0 Å². The Morgan fingerprint density at radius 3 is 1.26 bits per heavy atom. The Kier molecular flexibility index (Phi) is 46.2. The molecule has 0 spiro atoms. The highest BCUT2D eigenvalue weighted by Gasteiger charge is 2.35. The van der Waals surface area contributed by atoms with Crippen molar-refractivity contribution in [1.82, 2.24) is 9.80 Å². The number of likely N-dealkylation sites (N-methyl/N-ethyl adjacent to an activating group) is 1. The minimum Gasteiger partial charge on any atom is -0.497 e. The smallest absolute Gasteiger partial charge is 0.270 e. The molecule has 1 aliphatic carbocycles. The van der Waals surface area contributed by atoms with Crippen molar-refractivity contribution in [2.45, 2.75) is 77.7 Å². The first kappa shape index (κ1) is 97.7. The normalized spacial score (nSPS) is 10.7. The Morgan fingerprint density at radius 2 is 0.826 bits per heavy atom. The predicted octanol–water partition coefficient (Wildman–Crippen LogP) is 27.4. The van der Waals surface area contributed by atoms with Gasteiger partial charge in [0.15, 0.2) is 0 Å². The third-order valence-electron chi connectivity index (χ3n) is 17.6. The summed E-state index contributed by atoms with van der Waals surface area (Å²) in [5.74, 6) is 9.91. The molecular formula is C110H110ClF2N3O5. The van der Waals surface area contributed by atoms with Gasteiger partial charge < -0.3 is 33.5 Å². The van der Waals surface area contributed by atoms with Crippen molar-refractivity contribution in [3.05, 3.63) is 437 Å². The van der Waals surface area contributed by atoms with Crippen LogP contribution < -0.4 is 23.7 Å². The van der Waals surface area contributed by atoms with Gasteiger partial charge in [0, 0.05) is 47.8 Å². The Bertz CT molecular complexity index is 5330. The number of hydrogen-bond donors (Lipinski definition) is 0. The molecule has 8 nitrogen and oxygen atoms in total. The lowest BCUT2D eigenvalue weighted by atomic mass is 9.80. The first-order valence-electron chi connectivity index (χ1n) is 39.5. The number of hydrogen-bond acceptors (Lipinski definition) is 8. The second kappa shape index (κ2) is 57.3. The number of benzene rings is 14. The van der Waals surface area contributed by atoms with Gasteiger partial charge in [-0.3, -0.25) is 0 Å². The molecule has 1 saturated carbocycles. The highest BCUT2D eigenvalue weighted by Crippen LogP contribution is 2.40. The van der Waals surface area contributed by atoms with Crippen LogP contribution in [0.1, 0.15) is 88.2 Å². The lowest BCUT2D eigenvalue weighted by Gasteiger charge is -2.20. The van der Waals surface area contributed by atoms with Crippen LogP contribution in [-0.4, -0.2) is 58.8 Å². The summed E-state index contributed by atoms with van der Waals surface area (Å²) in [5, 5.41) is 12.5. The summed E-state index contributed by atoms with van der Waals surface area (Å²) in [4.78, 5) is 4.36. The van der Waals surface area contributed by atoms with E-state index in [0.717, 1.165) is 79.0 Å². The largest absolute Gasteiger partial charge is 0.497 e. The van der Waals surface area contributed by atoms with Gasteiger partial charge in [0.05, 0.1) is 31.3 Å². The van der Waals surface area contributed by atoms with Crippen LogP contribution in [0.3, 0.4) is 0 Å². The number of halogens is 3. The molecule has 14 aromatic carbocycles. The van der Waals surface area contributed by atoms with Crippen LogP contribution in [0.15, 0.2) is 376 Å². The van der Waals surface area contributed by atoms with Gasteiger partial charge in [0.1, 0.15) is 46.4 Å². The Morgan fingerprint density at radius 1 is 0.405 bits per heavy atom. The molecule has 14 aromatic rings. The molecule has 0 aromatic heterocycles. The molecule has 1 fully saturated rings. The number of alkyl halides is 2. The minimum absolute atomic E-state index is 0.0158. The van der Waals surface area contributed by atoms with Crippen LogP contribution in [-0.2, 0) is 24.3 Å². The van der Waals surface area contributed by atoms with Crippen molar-refractivity contribution in [1.29, 1.82) is 5.26 Å². The number of rotatable bonds is 14. The molecule has 15 rings (SSSR count). The third kappa shape index (κ3) is 41.2. The summed E-state index contributed by atoms with van der Waals surface area (Å²) in [5.41, 5.74) is 10.3. The van der Waals surface area contributed by atoms with Crippen molar-refractivity contribution < 1.29 is 32.5 Å². The maximum absolute atomic E-state index is 13.0. The van der Waals surface area contributed by atoms with Crippen LogP contribution in [0.4, 0.5) is 8.78 Å². The summed E-state index contributed by atoms with van der Waals surface area (Å²) in [6.45, 7) is 9.30. The highest BCUT2D eigenvalue weighted by atomic mass is 35.5. The van der Waals surface area contributed by atoms with Crippen molar-refractivity contribution in [2.75, 3.05) is 49.0 Å². The molecule has 11 heteroatoms. The maximum Gasteiger partial charge on any atom is 0.270 e. The fourth-order valence-electron chi connectivity index (χ4n) is 11.2. The highest BCUT2D eigenvalue weighted by molar-refractivity contribution is 6.30. The van der Waals surface area contributed by atoms with E-state index in [1.165, 1.54) is 69.1 Å². The average molecular weight is 1630 g/mol. The molecule has 0 heterocycles. The molecule has 0 amide bonds. The minimum atomic E-state index is -2.81. The standard InChI is InChI=1S/C14H12F2O.C13H12O.C12H13N.C11H10.C10H15N.C9H13N.2C9H8O.C8H5ClO.C8H6.C7H8/c1-14(15,16)11-7-9-13(10-8-11)17-12-5-3-2-4-6-12;1-11-7-9-13(10-8-11)14-12-5-3-2-4-6-12;13-10-12(8-4-5-9-12)11-6-2-1-3-7-11;1-9-6-7-10-4-2-3-5-11(10)8-9;1-11(2)9-8-10-6-4-3-5-7-10;1-10(2)8-9-6-4-3-5-7-9;1-3-8-4-6-9(10-2)7-5-8;1-3-8-6-4-5-7-9(8)10-2;1-2-10-8-5-3-4-7(9)6-8;1-2-8-6-4-3-5-7-8;1-7-5-3-2-4-6-7/h2-10H,1H3;2-10H,1H3;1-3,6-7H,4-5,8-9H2;2-8H,1H3;3-7H,8-9H2,1-2H3;3-7H,8H2,1-2H3;2*1,4-7H,2H3;1,3-6H;1,3-7H;2-6H,1H3. The van der Waals surface area contributed by atoms with Gasteiger partial charge >= 0.3 is 0 Å². The van der Waals surface area contributed by atoms with Gasteiger partial charge in [-0.15, -0.1) is 19.3 Å². The number of nitrogens with zero attached hydrogens (tertiary/aromatic N) is 3. The molecule has 1 aliphatic rings. The number of nitriles is 1. The molecule has 121 heavy (non-hydrogen) atoms. The number of methoxy groups -OCH3 is 2. The summed E-state index contributed by atoms with van der Waals surface area (Å²) >= 11 is 5.63. The van der Waals surface area contributed by atoms with Gasteiger partial charge in [-0.25, -0.2) is 8.78 Å². The van der Waals surface area contributed by atoms with Gasteiger partial charge in [-0.05, 0) is 217 Å². The van der Waals surface area contributed by atoms with Crippen LogP contribution in [0, 0.1) is 81.7 Å². The van der Waals surface area contributed by atoms with E-state index >= 15 is 0 Å². The molecule has 0 unspecified atom stereocenters. The van der Waals surface area contributed by atoms with E-state index in [4.69, 9.17) is 61.0 Å². The van der Waals surface area contributed by atoms with Crippen LogP contribution >= 0.6 is 11.6 Å². The van der Waals surface area contributed by atoms with Gasteiger partial charge in [0.2, 0.25) is 0 Å².